The molecule has 1 saturated heterocycles. The highest BCUT2D eigenvalue weighted by Gasteiger charge is 2.37. The lowest BCUT2D eigenvalue weighted by molar-refractivity contribution is -0.122. The molecule has 2 aliphatic rings. The van der Waals surface area contributed by atoms with Gasteiger partial charge in [0.1, 0.15) is 5.75 Å². The molecule has 1 atom stereocenters. The number of carbonyl (C=O) groups is 1. The lowest BCUT2D eigenvalue weighted by Gasteiger charge is -2.35. The molecule has 1 unspecified atom stereocenters. The summed E-state index contributed by atoms with van der Waals surface area (Å²) >= 11 is 0. The van der Waals surface area contributed by atoms with E-state index in [1.165, 1.54) is 23.6 Å². The van der Waals surface area contributed by atoms with E-state index in [1.54, 1.807) is 42.5 Å². The Morgan fingerprint density at radius 3 is 2.37 bits per heavy atom. The van der Waals surface area contributed by atoms with Crippen molar-refractivity contribution in [3.8, 4) is 5.75 Å². The summed E-state index contributed by atoms with van der Waals surface area (Å²) in [6.45, 7) is 3.87. The highest BCUT2D eigenvalue weighted by atomic mass is 32.2. The molecule has 3 aromatic carbocycles. The minimum Gasteiger partial charge on any atom is -0.476 e. The van der Waals surface area contributed by atoms with Crippen LogP contribution < -0.4 is 19.3 Å². The van der Waals surface area contributed by atoms with E-state index in [4.69, 9.17) is 4.74 Å². The zero-order chi connectivity index (χ0) is 24.4. The van der Waals surface area contributed by atoms with E-state index >= 15 is 0 Å². The first-order valence-corrected chi connectivity index (χ1v) is 13.4. The first kappa shape index (κ1) is 23.2. The van der Waals surface area contributed by atoms with Crippen molar-refractivity contribution < 1.29 is 17.9 Å². The van der Waals surface area contributed by atoms with E-state index in [9.17, 15) is 13.2 Å². The van der Waals surface area contributed by atoms with Crippen LogP contribution in [0.3, 0.4) is 0 Å². The minimum atomic E-state index is -3.88. The number of hydrogen-bond acceptors (Lipinski definition) is 5. The molecule has 35 heavy (non-hydrogen) atoms. The quantitative estimate of drug-likeness (QED) is 0.565. The number of carbonyl (C=O) groups excluding carboxylic acids is 1. The molecule has 182 valence electrons. The van der Waals surface area contributed by atoms with Crippen LogP contribution in [-0.2, 0) is 14.8 Å². The number of aryl methyl sites for hydroxylation is 1. The Labute approximate surface area is 206 Å². The van der Waals surface area contributed by atoms with Gasteiger partial charge in [-0.2, -0.15) is 0 Å². The third kappa shape index (κ3) is 4.84. The van der Waals surface area contributed by atoms with Gasteiger partial charge in [0.2, 0.25) is 0 Å². The van der Waals surface area contributed by atoms with Crippen LogP contribution in [0.25, 0.3) is 0 Å². The average molecular weight is 492 g/mol. The zero-order valence-electron chi connectivity index (χ0n) is 19.7. The van der Waals surface area contributed by atoms with Crippen molar-refractivity contribution in [3.05, 3.63) is 78.4 Å². The lowest BCUT2D eigenvalue weighted by atomic mass is 10.1. The van der Waals surface area contributed by atoms with E-state index in [0.29, 0.717) is 17.1 Å². The number of nitrogens with zero attached hydrogens (tertiary/aromatic N) is 2. The number of benzene rings is 3. The van der Waals surface area contributed by atoms with Crippen LogP contribution in [0.15, 0.2) is 77.7 Å². The minimum absolute atomic E-state index is 0.120. The maximum atomic E-state index is 13.5. The lowest BCUT2D eigenvalue weighted by Crippen LogP contribution is -2.48. The predicted octanol–water partition coefficient (Wildman–Crippen LogP) is 4.58. The van der Waals surface area contributed by atoms with Crippen LogP contribution in [0.5, 0.6) is 5.75 Å². The molecule has 0 aromatic heterocycles. The Morgan fingerprint density at radius 2 is 1.66 bits per heavy atom. The Bertz CT molecular complexity index is 1300. The van der Waals surface area contributed by atoms with Crippen molar-refractivity contribution in [2.45, 2.75) is 37.2 Å². The van der Waals surface area contributed by atoms with Gasteiger partial charge in [0.25, 0.3) is 15.9 Å². The number of amides is 1. The van der Waals surface area contributed by atoms with Gasteiger partial charge in [-0.05, 0) is 80.3 Å². The molecule has 0 spiro atoms. The Balaban J connectivity index is 1.37. The van der Waals surface area contributed by atoms with E-state index in [2.05, 4.69) is 10.2 Å². The van der Waals surface area contributed by atoms with Gasteiger partial charge in [-0.15, -0.1) is 0 Å². The number of ether oxygens (including phenoxy) is 1. The number of rotatable bonds is 5. The van der Waals surface area contributed by atoms with Crippen LogP contribution in [0, 0.1) is 6.92 Å². The van der Waals surface area contributed by atoms with Crippen LogP contribution in [-0.4, -0.2) is 40.1 Å². The summed E-state index contributed by atoms with van der Waals surface area (Å²) in [7, 11) is -3.88. The molecule has 8 heteroatoms. The highest BCUT2D eigenvalue weighted by Crippen LogP contribution is 2.38. The van der Waals surface area contributed by atoms with Gasteiger partial charge >= 0.3 is 0 Å². The molecular formula is C27H29N3O4S. The van der Waals surface area contributed by atoms with Crippen LogP contribution in [0.1, 0.15) is 24.8 Å². The zero-order valence-corrected chi connectivity index (χ0v) is 20.5. The first-order chi connectivity index (χ1) is 16.9. The molecule has 0 radical (unpaired) electrons. The smallest absolute Gasteiger partial charge is 0.267 e. The van der Waals surface area contributed by atoms with Gasteiger partial charge in [0.15, 0.2) is 6.10 Å². The molecule has 2 aliphatic heterocycles. The summed E-state index contributed by atoms with van der Waals surface area (Å²) in [4.78, 5) is 15.7. The summed E-state index contributed by atoms with van der Waals surface area (Å²) in [6, 6.07) is 21.3. The SMILES string of the molecule is Cc1ccc2c(c1)OC(C(=O)Nc1ccc(N3CCCCC3)cc1)CN2S(=O)(=O)c1ccccc1. The third-order valence-corrected chi connectivity index (χ3v) is 8.26. The standard InChI is InChI=1S/C27H29N3O4S/c1-20-10-15-24-25(18-20)34-26(19-30(24)35(32,33)23-8-4-2-5-9-23)27(31)28-21-11-13-22(14-12-21)29-16-6-3-7-17-29/h2,4-5,8-15,18,26H,3,6-7,16-17,19H2,1H3,(H,28,31). The topological polar surface area (TPSA) is 79.0 Å². The van der Waals surface area contributed by atoms with Crippen molar-refractivity contribution in [1.82, 2.24) is 0 Å². The Hall–Kier alpha value is -3.52. The van der Waals surface area contributed by atoms with Crippen LogP contribution >= 0.6 is 0 Å². The predicted molar refractivity (Wildman–Crippen MR) is 138 cm³/mol. The second kappa shape index (κ2) is 9.62. The van der Waals surface area contributed by atoms with Gasteiger partial charge < -0.3 is 15.0 Å². The fourth-order valence-corrected chi connectivity index (χ4v) is 6.07. The molecule has 0 saturated carbocycles. The highest BCUT2D eigenvalue weighted by molar-refractivity contribution is 7.92. The second-order valence-electron chi connectivity index (χ2n) is 9.01. The molecular weight excluding hydrogens is 462 g/mol. The molecule has 0 aliphatic carbocycles. The number of fused-ring (bicyclic) bond motifs is 1. The van der Waals surface area contributed by atoms with Crippen molar-refractivity contribution in [3.63, 3.8) is 0 Å². The van der Waals surface area contributed by atoms with Gasteiger partial charge in [-0.3, -0.25) is 9.10 Å². The molecule has 2 heterocycles. The Morgan fingerprint density at radius 1 is 0.943 bits per heavy atom. The van der Waals surface area contributed by atoms with Crippen molar-refractivity contribution in [2.75, 3.05) is 34.2 Å². The van der Waals surface area contributed by atoms with Gasteiger partial charge in [-0.1, -0.05) is 24.3 Å². The summed E-state index contributed by atoms with van der Waals surface area (Å²) < 4.78 is 34.2. The van der Waals surface area contributed by atoms with Crippen LogP contribution in [0.4, 0.5) is 17.1 Å². The molecule has 5 rings (SSSR count). The number of hydrogen-bond donors (Lipinski definition) is 1. The summed E-state index contributed by atoms with van der Waals surface area (Å²) in [6.07, 6.45) is 2.66. The monoisotopic (exact) mass is 491 g/mol. The maximum absolute atomic E-state index is 13.5. The van der Waals surface area contributed by atoms with Crippen molar-refractivity contribution >= 4 is 33.0 Å². The molecule has 1 fully saturated rings. The molecule has 0 bridgehead atoms. The first-order valence-electron chi connectivity index (χ1n) is 11.9. The van der Waals surface area contributed by atoms with Gasteiger partial charge in [0.05, 0.1) is 17.1 Å². The van der Waals surface area contributed by atoms with E-state index in [1.807, 2.05) is 37.3 Å². The van der Waals surface area contributed by atoms with Crippen molar-refractivity contribution in [1.29, 1.82) is 0 Å². The number of anilines is 3. The second-order valence-corrected chi connectivity index (χ2v) is 10.9. The van der Waals surface area contributed by atoms with Crippen molar-refractivity contribution in [2.24, 2.45) is 0 Å². The summed E-state index contributed by atoms with van der Waals surface area (Å²) in [5.41, 5.74) is 3.12. The number of sulfonamides is 1. The number of piperidine rings is 1. The van der Waals surface area contributed by atoms with E-state index in [0.717, 1.165) is 24.3 Å². The maximum Gasteiger partial charge on any atom is 0.267 e. The molecule has 1 N–H and O–H groups in total. The number of nitrogens with one attached hydrogen (secondary N) is 1. The normalized spacial score (nSPS) is 17.9. The molecule has 7 nitrogen and oxygen atoms in total. The van der Waals surface area contributed by atoms with Gasteiger partial charge in [0, 0.05) is 24.5 Å². The molecule has 1 amide bonds. The van der Waals surface area contributed by atoms with E-state index < -0.39 is 22.0 Å². The fourth-order valence-electron chi connectivity index (χ4n) is 4.58. The average Bonchev–Trinajstić information content (AvgIpc) is 2.89. The van der Waals surface area contributed by atoms with E-state index in [-0.39, 0.29) is 11.4 Å². The largest absolute Gasteiger partial charge is 0.476 e. The third-order valence-electron chi connectivity index (χ3n) is 6.46. The van der Waals surface area contributed by atoms with Gasteiger partial charge in [-0.25, -0.2) is 8.42 Å². The summed E-state index contributed by atoms with van der Waals surface area (Å²) in [5, 5.41) is 2.90. The Kier molecular flexibility index (Phi) is 6.38. The summed E-state index contributed by atoms with van der Waals surface area (Å²) in [5.74, 6) is -0.0208. The molecule has 3 aromatic rings. The fraction of sp³-hybridized carbons (Fsp3) is 0.296. The van der Waals surface area contributed by atoms with Crippen LogP contribution in [0.2, 0.25) is 0 Å².